The zero-order chi connectivity index (χ0) is 22.3. The van der Waals surface area contributed by atoms with Crippen LogP contribution in [0.1, 0.15) is 41.4 Å². The van der Waals surface area contributed by atoms with Gasteiger partial charge in [0.15, 0.2) is 0 Å². The Bertz CT molecular complexity index is 1170. The van der Waals surface area contributed by atoms with E-state index in [1.165, 1.54) is 24.3 Å². The molecular formula is C24H23N3O4. The minimum Gasteiger partial charge on any atom is -0.496 e. The number of ether oxygens (including phenoxy) is 1. The average molecular weight is 417 g/mol. The van der Waals surface area contributed by atoms with Crippen LogP contribution >= 0.6 is 0 Å². The van der Waals surface area contributed by atoms with Crippen LogP contribution in [0.5, 0.6) is 5.75 Å². The second kappa shape index (κ2) is 7.43. The summed E-state index contributed by atoms with van der Waals surface area (Å²) < 4.78 is 5.61. The van der Waals surface area contributed by atoms with Crippen LogP contribution < -0.4 is 15.4 Å². The van der Waals surface area contributed by atoms with Crippen molar-refractivity contribution in [2.75, 3.05) is 17.7 Å². The van der Waals surface area contributed by atoms with E-state index >= 15 is 0 Å². The molecule has 0 saturated carbocycles. The predicted octanol–water partition coefficient (Wildman–Crippen LogP) is 4.86. The summed E-state index contributed by atoms with van der Waals surface area (Å²) in [6, 6.07) is 18.6. The first kappa shape index (κ1) is 20.4. The van der Waals surface area contributed by atoms with Gasteiger partial charge in [-0.25, -0.2) is 0 Å². The standard InChI is InChI=1S/C24H23N3O4/c1-24(2)19-6-4-5-7-20(19)26(22(24)18-13-10-16(25)14-21(18)31-3)23(28)15-8-11-17(12-9-15)27(29)30/h4-14,22H,25H2,1-3H3/t22-/m1/s1. The summed E-state index contributed by atoms with van der Waals surface area (Å²) in [6.45, 7) is 4.19. The number of nitrogens with two attached hydrogens (primary N) is 1. The highest BCUT2D eigenvalue weighted by Crippen LogP contribution is 2.54. The van der Waals surface area contributed by atoms with Crippen molar-refractivity contribution in [2.45, 2.75) is 25.3 Å². The number of nitrogen functional groups attached to an aromatic ring is 1. The third kappa shape index (κ3) is 3.28. The summed E-state index contributed by atoms with van der Waals surface area (Å²) in [7, 11) is 1.58. The van der Waals surface area contributed by atoms with Gasteiger partial charge in [-0.3, -0.25) is 19.8 Å². The van der Waals surface area contributed by atoms with E-state index in [-0.39, 0.29) is 17.6 Å². The zero-order valence-electron chi connectivity index (χ0n) is 17.5. The first-order chi connectivity index (χ1) is 14.8. The first-order valence-corrected chi connectivity index (χ1v) is 9.86. The molecule has 4 rings (SSSR count). The van der Waals surface area contributed by atoms with Gasteiger partial charge in [0.1, 0.15) is 5.75 Å². The lowest BCUT2D eigenvalue weighted by atomic mass is 9.77. The van der Waals surface area contributed by atoms with Gasteiger partial charge in [0.05, 0.1) is 18.1 Å². The molecule has 31 heavy (non-hydrogen) atoms. The first-order valence-electron chi connectivity index (χ1n) is 9.86. The van der Waals surface area contributed by atoms with Crippen LogP contribution in [-0.2, 0) is 5.41 Å². The number of benzene rings is 3. The van der Waals surface area contributed by atoms with E-state index < -0.39 is 10.3 Å². The Balaban J connectivity index is 1.88. The molecule has 0 unspecified atom stereocenters. The number of anilines is 2. The molecule has 0 fully saturated rings. The van der Waals surface area contributed by atoms with Crippen LogP contribution in [0.3, 0.4) is 0 Å². The number of fused-ring (bicyclic) bond motifs is 1. The number of methoxy groups -OCH3 is 1. The number of amides is 1. The Morgan fingerprint density at radius 3 is 2.42 bits per heavy atom. The van der Waals surface area contributed by atoms with E-state index in [0.29, 0.717) is 17.0 Å². The van der Waals surface area contributed by atoms with Gasteiger partial charge in [0, 0.05) is 46.1 Å². The molecule has 1 aliphatic heterocycles. The molecule has 158 valence electrons. The van der Waals surface area contributed by atoms with Crippen molar-refractivity contribution in [3.63, 3.8) is 0 Å². The van der Waals surface area contributed by atoms with Crippen molar-refractivity contribution in [1.29, 1.82) is 0 Å². The van der Waals surface area contributed by atoms with Crippen molar-refractivity contribution in [2.24, 2.45) is 0 Å². The summed E-state index contributed by atoms with van der Waals surface area (Å²) in [6.07, 6.45) is 0. The van der Waals surface area contributed by atoms with Gasteiger partial charge in [-0.05, 0) is 29.8 Å². The van der Waals surface area contributed by atoms with Crippen LogP contribution in [0.2, 0.25) is 0 Å². The molecule has 7 heteroatoms. The molecule has 7 nitrogen and oxygen atoms in total. The average Bonchev–Trinajstić information content (AvgIpc) is 3.00. The molecule has 0 saturated heterocycles. The normalized spacial score (nSPS) is 16.6. The van der Waals surface area contributed by atoms with Gasteiger partial charge in [-0.15, -0.1) is 0 Å². The second-order valence-corrected chi connectivity index (χ2v) is 8.12. The number of rotatable bonds is 4. The van der Waals surface area contributed by atoms with Crippen LogP contribution in [0.4, 0.5) is 17.1 Å². The summed E-state index contributed by atoms with van der Waals surface area (Å²) in [5, 5.41) is 11.0. The molecule has 3 aromatic carbocycles. The second-order valence-electron chi connectivity index (χ2n) is 8.12. The third-order valence-corrected chi connectivity index (χ3v) is 5.90. The molecular weight excluding hydrogens is 394 g/mol. The number of non-ortho nitro benzene ring substituents is 1. The van der Waals surface area contributed by atoms with Crippen LogP contribution in [0.15, 0.2) is 66.7 Å². The monoisotopic (exact) mass is 417 g/mol. The van der Waals surface area contributed by atoms with Gasteiger partial charge in [0.25, 0.3) is 11.6 Å². The van der Waals surface area contributed by atoms with Crippen LogP contribution in [-0.4, -0.2) is 17.9 Å². The summed E-state index contributed by atoms with van der Waals surface area (Å²) >= 11 is 0. The number of nitro groups is 1. The number of carbonyl (C=O) groups excluding carboxylic acids is 1. The predicted molar refractivity (Wildman–Crippen MR) is 120 cm³/mol. The minimum atomic E-state index is -0.482. The van der Waals surface area contributed by atoms with Gasteiger partial charge >= 0.3 is 0 Å². The van der Waals surface area contributed by atoms with Crippen molar-refractivity contribution in [1.82, 2.24) is 0 Å². The highest BCUT2D eigenvalue weighted by Gasteiger charge is 2.49. The lowest BCUT2D eigenvalue weighted by Gasteiger charge is -2.34. The Hall–Kier alpha value is -3.87. The molecule has 0 aromatic heterocycles. The van der Waals surface area contributed by atoms with E-state index in [9.17, 15) is 14.9 Å². The quantitative estimate of drug-likeness (QED) is 0.371. The third-order valence-electron chi connectivity index (χ3n) is 5.90. The van der Waals surface area contributed by atoms with Gasteiger partial charge in [0.2, 0.25) is 0 Å². The lowest BCUT2D eigenvalue weighted by Crippen LogP contribution is -2.38. The molecule has 1 aliphatic rings. The van der Waals surface area contributed by atoms with E-state index in [2.05, 4.69) is 13.8 Å². The van der Waals surface area contributed by atoms with Gasteiger partial charge in [-0.1, -0.05) is 38.1 Å². The molecule has 0 aliphatic carbocycles. The Labute approximate surface area is 180 Å². The maximum Gasteiger partial charge on any atom is 0.269 e. The number of hydrogen-bond donors (Lipinski definition) is 1. The van der Waals surface area contributed by atoms with E-state index in [1.807, 2.05) is 30.3 Å². The Morgan fingerprint density at radius 1 is 1.10 bits per heavy atom. The highest BCUT2D eigenvalue weighted by molar-refractivity contribution is 6.08. The van der Waals surface area contributed by atoms with E-state index in [4.69, 9.17) is 10.5 Å². The number of carbonyl (C=O) groups is 1. The maximum absolute atomic E-state index is 13.7. The molecule has 1 heterocycles. The molecule has 0 radical (unpaired) electrons. The number of hydrogen-bond acceptors (Lipinski definition) is 5. The molecule has 1 amide bonds. The fraction of sp³-hybridized carbons (Fsp3) is 0.208. The van der Waals surface area contributed by atoms with Crippen LogP contribution in [0, 0.1) is 10.1 Å². The van der Waals surface area contributed by atoms with E-state index in [0.717, 1.165) is 16.8 Å². The summed E-state index contributed by atoms with van der Waals surface area (Å²) in [5.41, 5.74) is 9.11. The summed E-state index contributed by atoms with van der Waals surface area (Å²) in [5.74, 6) is 0.365. The van der Waals surface area contributed by atoms with Crippen molar-refractivity contribution >= 4 is 23.0 Å². The lowest BCUT2D eigenvalue weighted by molar-refractivity contribution is -0.384. The Kier molecular flexibility index (Phi) is 4.89. The fourth-order valence-corrected chi connectivity index (χ4v) is 4.41. The van der Waals surface area contributed by atoms with Gasteiger partial charge < -0.3 is 10.5 Å². The van der Waals surface area contributed by atoms with Crippen molar-refractivity contribution in [3.8, 4) is 5.75 Å². The highest BCUT2D eigenvalue weighted by atomic mass is 16.6. The molecule has 0 bridgehead atoms. The maximum atomic E-state index is 13.7. The molecule has 3 aromatic rings. The fourth-order valence-electron chi connectivity index (χ4n) is 4.41. The van der Waals surface area contributed by atoms with Gasteiger partial charge in [-0.2, -0.15) is 0 Å². The van der Waals surface area contributed by atoms with Crippen LogP contribution in [0.25, 0.3) is 0 Å². The smallest absolute Gasteiger partial charge is 0.269 e. The largest absolute Gasteiger partial charge is 0.496 e. The zero-order valence-corrected chi connectivity index (χ0v) is 17.5. The Morgan fingerprint density at radius 2 is 1.77 bits per heavy atom. The van der Waals surface area contributed by atoms with Crippen molar-refractivity contribution < 1.29 is 14.5 Å². The summed E-state index contributed by atoms with van der Waals surface area (Å²) in [4.78, 5) is 26.0. The van der Waals surface area contributed by atoms with E-state index in [1.54, 1.807) is 24.1 Å². The number of nitrogens with zero attached hydrogens (tertiary/aromatic N) is 2. The molecule has 1 atom stereocenters. The number of para-hydroxylation sites is 1. The van der Waals surface area contributed by atoms with Crippen molar-refractivity contribution in [3.05, 3.63) is 93.5 Å². The topological polar surface area (TPSA) is 98.7 Å². The SMILES string of the molecule is COc1cc(N)ccc1[C@H]1N(C(=O)c2ccc([N+](=O)[O-])cc2)c2ccccc2C1(C)C. The molecule has 2 N–H and O–H groups in total. The minimum absolute atomic E-state index is 0.0598. The molecule has 0 spiro atoms. The number of nitro benzene ring substituents is 1.